The van der Waals surface area contributed by atoms with Crippen LogP contribution < -0.4 is 10.5 Å². The molecule has 0 bridgehead atoms. The predicted molar refractivity (Wildman–Crippen MR) is 79.2 cm³/mol. The zero-order chi connectivity index (χ0) is 14.5. The van der Waals surface area contributed by atoms with Gasteiger partial charge in [0, 0.05) is 0 Å². The fourth-order valence-corrected chi connectivity index (χ4v) is 2.17. The van der Waals surface area contributed by atoms with Crippen LogP contribution in [0.5, 0.6) is 5.75 Å². The van der Waals surface area contributed by atoms with Crippen molar-refractivity contribution < 1.29 is 9.13 Å². The predicted octanol–water partition coefficient (Wildman–Crippen LogP) is 3.99. The third-order valence-corrected chi connectivity index (χ3v) is 3.40. The van der Waals surface area contributed by atoms with Crippen LogP contribution in [0.15, 0.2) is 48.5 Å². The zero-order valence-corrected chi connectivity index (χ0v) is 11.8. The third kappa shape index (κ3) is 3.36. The summed E-state index contributed by atoms with van der Waals surface area (Å²) >= 11 is 0. The van der Waals surface area contributed by atoms with Crippen LogP contribution in [0.4, 0.5) is 4.39 Å². The molecular weight excluding hydrogens is 253 g/mol. The lowest BCUT2D eigenvalue weighted by molar-refractivity contribution is 0.166. The number of ether oxygens (including phenoxy) is 1. The van der Waals surface area contributed by atoms with Crippen LogP contribution in [0.25, 0.3) is 0 Å². The molecule has 2 atom stereocenters. The average molecular weight is 273 g/mol. The highest BCUT2D eigenvalue weighted by molar-refractivity contribution is 5.29. The lowest BCUT2D eigenvalue weighted by atomic mass is 10.0. The molecule has 0 fully saturated rings. The molecule has 2 unspecified atom stereocenters. The van der Waals surface area contributed by atoms with Crippen molar-refractivity contribution in [2.75, 3.05) is 0 Å². The second-order valence-corrected chi connectivity index (χ2v) is 4.91. The van der Waals surface area contributed by atoms with Crippen LogP contribution in [0, 0.1) is 12.7 Å². The molecule has 2 N–H and O–H groups in total. The van der Waals surface area contributed by atoms with Gasteiger partial charge in [-0.1, -0.05) is 37.3 Å². The van der Waals surface area contributed by atoms with Crippen molar-refractivity contribution in [3.8, 4) is 5.75 Å². The van der Waals surface area contributed by atoms with Gasteiger partial charge in [0.05, 0.1) is 6.04 Å². The molecule has 2 rings (SSSR count). The molecule has 0 amide bonds. The first-order chi connectivity index (χ1) is 9.61. The zero-order valence-electron chi connectivity index (χ0n) is 11.8. The molecular formula is C17H20FNO. The Hall–Kier alpha value is -1.87. The average Bonchev–Trinajstić information content (AvgIpc) is 2.48. The maximum Gasteiger partial charge on any atom is 0.126 e. The third-order valence-electron chi connectivity index (χ3n) is 3.40. The lowest BCUT2D eigenvalue weighted by Gasteiger charge is -2.24. The van der Waals surface area contributed by atoms with Crippen LogP contribution in [0.3, 0.4) is 0 Å². The maximum atomic E-state index is 13.3. The highest BCUT2D eigenvalue weighted by Crippen LogP contribution is 2.23. The summed E-state index contributed by atoms with van der Waals surface area (Å²) in [5.41, 5.74) is 7.88. The summed E-state index contributed by atoms with van der Waals surface area (Å²) in [5, 5.41) is 0. The topological polar surface area (TPSA) is 35.2 Å². The summed E-state index contributed by atoms with van der Waals surface area (Å²) in [7, 11) is 0. The van der Waals surface area contributed by atoms with E-state index in [1.807, 2.05) is 37.3 Å². The van der Waals surface area contributed by atoms with Gasteiger partial charge in [0.15, 0.2) is 0 Å². The van der Waals surface area contributed by atoms with Gasteiger partial charge < -0.3 is 10.5 Å². The van der Waals surface area contributed by atoms with Crippen molar-refractivity contribution in [2.45, 2.75) is 32.4 Å². The maximum absolute atomic E-state index is 13.3. The van der Waals surface area contributed by atoms with E-state index < -0.39 is 0 Å². The molecule has 0 radical (unpaired) electrons. The van der Waals surface area contributed by atoms with Crippen molar-refractivity contribution in [2.24, 2.45) is 5.73 Å². The quantitative estimate of drug-likeness (QED) is 0.894. The highest BCUT2D eigenvalue weighted by atomic mass is 19.1. The van der Waals surface area contributed by atoms with Gasteiger partial charge in [0.25, 0.3) is 0 Å². The Morgan fingerprint density at radius 1 is 1.15 bits per heavy atom. The Labute approximate surface area is 119 Å². The number of benzene rings is 2. The van der Waals surface area contributed by atoms with Crippen LogP contribution in [0.2, 0.25) is 0 Å². The van der Waals surface area contributed by atoms with Gasteiger partial charge in [-0.3, -0.25) is 0 Å². The van der Waals surface area contributed by atoms with E-state index in [1.54, 1.807) is 19.1 Å². The SMILES string of the molecule is CCC(Oc1ccc(F)c(C)c1)C(N)c1ccccc1. The smallest absolute Gasteiger partial charge is 0.126 e. The Morgan fingerprint density at radius 3 is 2.45 bits per heavy atom. The van der Waals surface area contributed by atoms with Gasteiger partial charge in [-0.25, -0.2) is 4.39 Å². The van der Waals surface area contributed by atoms with Gasteiger partial charge in [0.1, 0.15) is 17.7 Å². The summed E-state index contributed by atoms with van der Waals surface area (Å²) < 4.78 is 19.2. The molecule has 3 heteroatoms. The van der Waals surface area contributed by atoms with E-state index in [9.17, 15) is 4.39 Å². The molecule has 0 heterocycles. The molecule has 0 aliphatic heterocycles. The molecule has 2 aromatic rings. The van der Waals surface area contributed by atoms with Crippen molar-refractivity contribution in [1.82, 2.24) is 0 Å². The van der Waals surface area contributed by atoms with E-state index in [0.29, 0.717) is 11.3 Å². The first-order valence-corrected chi connectivity index (χ1v) is 6.85. The van der Waals surface area contributed by atoms with E-state index >= 15 is 0 Å². The fourth-order valence-electron chi connectivity index (χ4n) is 2.17. The molecule has 2 aromatic carbocycles. The van der Waals surface area contributed by atoms with Crippen LogP contribution in [-0.4, -0.2) is 6.10 Å². The molecule has 2 nitrogen and oxygen atoms in total. The standard InChI is InChI=1S/C17H20FNO/c1-3-16(17(19)13-7-5-4-6-8-13)20-14-9-10-15(18)12(2)11-14/h4-11,16-17H,3,19H2,1-2H3. The van der Waals surface area contributed by atoms with E-state index in [-0.39, 0.29) is 18.0 Å². The van der Waals surface area contributed by atoms with E-state index in [1.165, 1.54) is 6.07 Å². The Balaban J connectivity index is 2.14. The molecule has 0 aliphatic rings. The summed E-state index contributed by atoms with van der Waals surface area (Å²) in [4.78, 5) is 0. The molecule has 0 saturated heterocycles. The van der Waals surface area contributed by atoms with Gasteiger partial charge in [-0.05, 0) is 42.7 Å². The van der Waals surface area contributed by atoms with Gasteiger partial charge >= 0.3 is 0 Å². The molecule has 0 spiro atoms. The molecule has 106 valence electrons. The number of nitrogens with two attached hydrogens (primary N) is 1. The summed E-state index contributed by atoms with van der Waals surface area (Å²) in [6.45, 7) is 3.75. The molecule has 0 aliphatic carbocycles. The summed E-state index contributed by atoms with van der Waals surface area (Å²) in [6, 6.07) is 14.4. The van der Waals surface area contributed by atoms with Gasteiger partial charge in [-0.2, -0.15) is 0 Å². The summed E-state index contributed by atoms with van der Waals surface area (Å²) in [5.74, 6) is 0.430. The number of halogens is 1. The van der Waals surface area contributed by atoms with Crippen molar-refractivity contribution in [1.29, 1.82) is 0 Å². The van der Waals surface area contributed by atoms with Crippen LogP contribution in [-0.2, 0) is 0 Å². The van der Waals surface area contributed by atoms with Crippen molar-refractivity contribution in [3.63, 3.8) is 0 Å². The molecule has 0 aromatic heterocycles. The number of rotatable bonds is 5. The largest absolute Gasteiger partial charge is 0.488 e. The normalized spacial score (nSPS) is 13.8. The lowest BCUT2D eigenvalue weighted by Crippen LogP contribution is -2.30. The van der Waals surface area contributed by atoms with Crippen molar-refractivity contribution >= 4 is 0 Å². The second-order valence-electron chi connectivity index (χ2n) is 4.91. The minimum Gasteiger partial charge on any atom is -0.488 e. The van der Waals surface area contributed by atoms with Crippen molar-refractivity contribution in [3.05, 3.63) is 65.5 Å². The monoisotopic (exact) mass is 273 g/mol. The number of aryl methyl sites for hydroxylation is 1. The molecule has 0 saturated carbocycles. The van der Waals surface area contributed by atoms with Crippen LogP contribution >= 0.6 is 0 Å². The van der Waals surface area contributed by atoms with Gasteiger partial charge in [-0.15, -0.1) is 0 Å². The fraction of sp³-hybridized carbons (Fsp3) is 0.294. The Kier molecular flexibility index (Phi) is 4.74. The van der Waals surface area contributed by atoms with Crippen LogP contribution in [0.1, 0.15) is 30.5 Å². The first-order valence-electron chi connectivity index (χ1n) is 6.85. The Bertz CT molecular complexity index is 556. The number of hydrogen-bond donors (Lipinski definition) is 1. The van der Waals surface area contributed by atoms with E-state index in [4.69, 9.17) is 10.5 Å². The Morgan fingerprint density at radius 2 is 1.85 bits per heavy atom. The molecule has 20 heavy (non-hydrogen) atoms. The summed E-state index contributed by atoms with van der Waals surface area (Å²) in [6.07, 6.45) is 0.647. The first kappa shape index (κ1) is 14.5. The number of hydrogen-bond acceptors (Lipinski definition) is 2. The highest BCUT2D eigenvalue weighted by Gasteiger charge is 2.19. The second kappa shape index (κ2) is 6.53. The van der Waals surface area contributed by atoms with E-state index in [0.717, 1.165) is 12.0 Å². The van der Waals surface area contributed by atoms with Gasteiger partial charge in [0.2, 0.25) is 0 Å². The van der Waals surface area contributed by atoms with E-state index in [2.05, 4.69) is 0 Å². The minimum atomic E-state index is -0.224. The minimum absolute atomic E-state index is 0.137.